The first-order valence-corrected chi connectivity index (χ1v) is 7.94. The van der Waals surface area contributed by atoms with Crippen molar-refractivity contribution in [3.8, 4) is 5.75 Å². The van der Waals surface area contributed by atoms with Crippen molar-refractivity contribution in [2.45, 2.75) is 20.8 Å². The van der Waals surface area contributed by atoms with Crippen LogP contribution in [0.3, 0.4) is 0 Å². The Hall–Kier alpha value is -1.99. The van der Waals surface area contributed by atoms with Gasteiger partial charge in [-0.05, 0) is 44.0 Å². The van der Waals surface area contributed by atoms with Crippen molar-refractivity contribution in [2.75, 3.05) is 7.11 Å². The zero-order chi connectivity index (χ0) is 15.6. The van der Waals surface area contributed by atoms with Crippen LogP contribution in [-0.2, 0) is 4.57 Å². The van der Waals surface area contributed by atoms with Crippen LogP contribution in [0, 0.1) is 20.8 Å². The van der Waals surface area contributed by atoms with Gasteiger partial charge in [-0.3, -0.25) is 0 Å². The average Bonchev–Trinajstić information content (AvgIpc) is 2.45. The van der Waals surface area contributed by atoms with Gasteiger partial charge in [0.15, 0.2) is 5.75 Å². The molecule has 3 nitrogen and oxygen atoms in total. The van der Waals surface area contributed by atoms with E-state index in [0.717, 1.165) is 16.7 Å². The molecule has 0 bridgehead atoms. The molecule has 4 heteroatoms. The monoisotopic (exact) mass is 301 g/mol. The molecule has 0 amide bonds. The van der Waals surface area contributed by atoms with Gasteiger partial charge in [0.2, 0.25) is 5.30 Å². The Kier molecular flexibility index (Phi) is 4.54. The number of benzene rings is 2. The largest absolute Gasteiger partial charge is 0.492 e. The van der Waals surface area contributed by atoms with E-state index < -0.39 is 7.80 Å². The molecule has 1 unspecified atom stereocenters. The lowest BCUT2D eigenvalue weighted by Gasteiger charge is -2.05. The van der Waals surface area contributed by atoms with Crippen LogP contribution in [0.15, 0.2) is 36.4 Å². The summed E-state index contributed by atoms with van der Waals surface area (Å²) < 4.78 is 17.8. The average molecular weight is 301 g/mol. The molecule has 0 aliphatic heterocycles. The summed E-state index contributed by atoms with van der Waals surface area (Å²) in [5, 5.41) is 0.444. The molecule has 0 saturated heterocycles. The fourth-order valence-electron chi connectivity index (χ4n) is 2.53. The zero-order valence-corrected chi connectivity index (χ0v) is 13.5. The minimum atomic E-state index is -2.20. The van der Waals surface area contributed by atoms with Crippen LogP contribution < -0.4 is 10.0 Å². The summed E-state index contributed by atoms with van der Waals surface area (Å²) in [7, 11) is -0.687. The van der Waals surface area contributed by atoms with E-state index in [1.807, 2.05) is 32.9 Å². The van der Waals surface area contributed by atoms with Gasteiger partial charge in [0.05, 0.1) is 12.7 Å². The Morgan fingerprint density at radius 2 is 1.62 bits per heavy atom. The highest BCUT2D eigenvalue weighted by molar-refractivity contribution is 7.71. The highest BCUT2D eigenvalue weighted by Crippen LogP contribution is 2.33. The minimum Gasteiger partial charge on any atom is -0.492 e. The molecule has 2 rings (SSSR count). The third-order valence-electron chi connectivity index (χ3n) is 3.38. The van der Waals surface area contributed by atoms with E-state index in [1.165, 1.54) is 7.11 Å². The zero-order valence-electron chi connectivity index (χ0n) is 12.6. The Morgan fingerprint density at radius 1 is 1.05 bits per heavy atom. The lowest BCUT2D eigenvalue weighted by molar-refractivity contribution is 0.107. The smallest absolute Gasteiger partial charge is 0.462 e. The Labute approximate surface area is 125 Å². The first kappa shape index (κ1) is 15.4. The van der Waals surface area contributed by atoms with E-state index in [4.69, 9.17) is 4.74 Å². The van der Waals surface area contributed by atoms with Gasteiger partial charge in [0.1, 0.15) is 0 Å². The van der Waals surface area contributed by atoms with Crippen molar-refractivity contribution in [3.63, 3.8) is 0 Å². The number of methoxy groups -OCH3 is 1. The molecule has 0 saturated carbocycles. The SMILES string of the molecule is COc1ccccc1[P+](=O)C(=O)c1c(C)cc(C)cc1C. The van der Waals surface area contributed by atoms with Crippen molar-refractivity contribution in [1.29, 1.82) is 0 Å². The van der Waals surface area contributed by atoms with Gasteiger partial charge in [-0.25, -0.2) is 4.79 Å². The molecule has 0 heterocycles. The van der Waals surface area contributed by atoms with Crippen molar-refractivity contribution in [3.05, 3.63) is 58.7 Å². The topological polar surface area (TPSA) is 43.4 Å². The van der Waals surface area contributed by atoms with Crippen LogP contribution in [0.4, 0.5) is 0 Å². The number of para-hydroxylation sites is 1. The van der Waals surface area contributed by atoms with E-state index in [9.17, 15) is 9.36 Å². The van der Waals surface area contributed by atoms with E-state index in [2.05, 4.69) is 0 Å². The molecule has 0 fully saturated rings. The maximum Gasteiger partial charge on any atom is 0.462 e. The van der Waals surface area contributed by atoms with Gasteiger partial charge in [0.25, 0.3) is 0 Å². The lowest BCUT2D eigenvalue weighted by atomic mass is 10.0. The third kappa shape index (κ3) is 3.03. The van der Waals surface area contributed by atoms with Crippen LogP contribution in [0.2, 0.25) is 0 Å². The molecular weight excluding hydrogens is 283 g/mol. The second-order valence-corrected chi connectivity index (χ2v) is 6.52. The Bertz CT molecular complexity index is 697. The summed E-state index contributed by atoms with van der Waals surface area (Å²) in [4.78, 5) is 12.6. The standard InChI is InChI=1S/C17H18O3P/c1-11-9-12(2)16(13(3)10-11)17(18)21(19)15-8-6-5-7-14(15)20-4/h5-10H,1-4H3/q+1. The summed E-state index contributed by atoms with van der Waals surface area (Å²) in [6.07, 6.45) is 0. The molecule has 21 heavy (non-hydrogen) atoms. The van der Waals surface area contributed by atoms with Crippen LogP contribution in [0.5, 0.6) is 5.75 Å². The molecule has 108 valence electrons. The number of rotatable bonds is 4. The van der Waals surface area contributed by atoms with E-state index in [-0.39, 0.29) is 5.52 Å². The van der Waals surface area contributed by atoms with Crippen LogP contribution >= 0.6 is 7.80 Å². The predicted octanol–water partition coefficient (Wildman–Crippen LogP) is 3.91. The second kappa shape index (κ2) is 6.19. The fraction of sp³-hybridized carbons (Fsp3) is 0.235. The van der Waals surface area contributed by atoms with Crippen molar-refractivity contribution < 1.29 is 14.1 Å². The molecule has 2 aromatic rings. The van der Waals surface area contributed by atoms with Crippen molar-refractivity contribution in [1.82, 2.24) is 0 Å². The van der Waals surface area contributed by atoms with Gasteiger partial charge in [-0.15, -0.1) is 0 Å². The molecule has 0 N–H and O–H groups in total. The van der Waals surface area contributed by atoms with Crippen molar-refractivity contribution in [2.24, 2.45) is 0 Å². The number of carbonyl (C=O) groups excluding carboxylic acids is 1. The third-order valence-corrected chi connectivity index (χ3v) is 4.78. The quantitative estimate of drug-likeness (QED) is 0.804. The van der Waals surface area contributed by atoms with Crippen LogP contribution in [-0.4, -0.2) is 12.6 Å². The highest BCUT2D eigenvalue weighted by Gasteiger charge is 2.37. The number of aryl methyl sites for hydroxylation is 3. The van der Waals surface area contributed by atoms with E-state index in [0.29, 0.717) is 16.6 Å². The molecule has 0 aliphatic rings. The summed E-state index contributed by atoms with van der Waals surface area (Å²) in [5.74, 6) is 0.481. The van der Waals surface area contributed by atoms with Gasteiger partial charge in [0, 0.05) is 0 Å². The number of hydrogen-bond donors (Lipinski definition) is 0. The molecule has 0 aliphatic carbocycles. The molecule has 0 radical (unpaired) electrons. The fourth-order valence-corrected chi connectivity index (χ4v) is 3.89. The normalized spacial score (nSPS) is 11.1. The Balaban J connectivity index is 2.48. The van der Waals surface area contributed by atoms with Gasteiger partial charge < -0.3 is 4.74 Å². The maximum absolute atomic E-state index is 12.6. The highest BCUT2D eigenvalue weighted by atomic mass is 31.1. The second-order valence-electron chi connectivity index (χ2n) is 5.05. The summed E-state index contributed by atoms with van der Waals surface area (Å²) in [6.45, 7) is 5.73. The van der Waals surface area contributed by atoms with Gasteiger partial charge in [-0.2, -0.15) is 0 Å². The molecule has 0 aromatic heterocycles. The summed E-state index contributed by atoms with van der Waals surface area (Å²) in [5.41, 5.74) is 3.01. The maximum atomic E-state index is 12.6. The Morgan fingerprint density at radius 3 is 2.19 bits per heavy atom. The first-order chi connectivity index (χ1) is 9.95. The van der Waals surface area contributed by atoms with Crippen LogP contribution in [0.25, 0.3) is 0 Å². The van der Waals surface area contributed by atoms with Gasteiger partial charge >= 0.3 is 13.3 Å². The van der Waals surface area contributed by atoms with Crippen LogP contribution in [0.1, 0.15) is 27.0 Å². The lowest BCUT2D eigenvalue weighted by Crippen LogP contribution is -2.09. The predicted molar refractivity (Wildman–Crippen MR) is 85.2 cm³/mol. The molecule has 1 atom stereocenters. The molecular formula is C17H18O3P+. The number of ether oxygens (including phenoxy) is 1. The van der Waals surface area contributed by atoms with Crippen molar-refractivity contribution >= 4 is 18.6 Å². The summed E-state index contributed by atoms with van der Waals surface area (Å²) >= 11 is 0. The van der Waals surface area contributed by atoms with E-state index >= 15 is 0 Å². The number of hydrogen-bond acceptors (Lipinski definition) is 3. The molecule has 0 spiro atoms. The number of carbonyl (C=O) groups is 1. The minimum absolute atomic E-state index is 0.343. The summed E-state index contributed by atoms with van der Waals surface area (Å²) in [6, 6.07) is 10.8. The first-order valence-electron chi connectivity index (χ1n) is 6.68. The van der Waals surface area contributed by atoms with E-state index in [1.54, 1.807) is 24.3 Å². The van der Waals surface area contributed by atoms with Gasteiger partial charge in [-0.1, -0.05) is 34.4 Å². The molecule has 2 aromatic carbocycles.